The minimum absolute atomic E-state index is 0.128. The molecule has 8 heteroatoms. The number of benzene rings is 2. The molecule has 0 saturated heterocycles. The summed E-state index contributed by atoms with van der Waals surface area (Å²) in [4.78, 5) is 3.15. The minimum Gasteiger partial charge on any atom is -0.497 e. The van der Waals surface area contributed by atoms with Crippen LogP contribution in [-0.2, 0) is 20.7 Å². The molecule has 0 amide bonds. The van der Waals surface area contributed by atoms with E-state index in [4.69, 9.17) is 14.5 Å². The number of aryl methyl sites for hydroxylation is 2. The Kier molecular flexibility index (Phi) is 6.32. The van der Waals surface area contributed by atoms with Gasteiger partial charge in [0.15, 0.2) is 0 Å². The molecule has 0 aromatic heterocycles. The molecule has 0 unspecified atom stereocenters. The molecule has 2 fully saturated rings. The van der Waals surface area contributed by atoms with Crippen LogP contribution in [0.25, 0.3) is 10.4 Å². The number of rotatable bonds is 6. The fraction of sp³-hybridized carbons (Fsp3) is 0.556. The molecule has 2 aromatic carbocycles. The summed E-state index contributed by atoms with van der Waals surface area (Å²) in [6.07, 6.45) is 4.24. The SMILES string of the molecule is COc1ccc2c(c1)CC[C@@H]1[C@@H]2CC[C@@]2(C)[C@H]1C[C@H](CN=[N+]=[N-])[C@@H]2OS(=O)(=O)c1ccc(C)cc1. The predicted molar refractivity (Wildman–Crippen MR) is 134 cm³/mol. The van der Waals surface area contributed by atoms with Crippen molar-refractivity contribution < 1.29 is 17.3 Å². The van der Waals surface area contributed by atoms with E-state index in [-0.39, 0.29) is 22.8 Å². The Balaban J connectivity index is 1.47. The molecule has 7 nitrogen and oxygen atoms in total. The highest BCUT2D eigenvalue weighted by atomic mass is 32.2. The van der Waals surface area contributed by atoms with Gasteiger partial charge in [0.2, 0.25) is 0 Å². The van der Waals surface area contributed by atoms with Crippen molar-refractivity contribution in [2.24, 2.45) is 28.3 Å². The quantitative estimate of drug-likeness (QED) is 0.207. The van der Waals surface area contributed by atoms with Gasteiger partial charge in [-0.15, -0.1) is 0 Å². The molecule has 0 heterocycles. The van der Waals surface area contributed by atoms with E-state index in [1.807, 2.05) is 13.0 Å². The molecular formula is C27H33N3O4S. The molecule has 35 heavy (non-hydrogen) atoms. The molecule has 0 spiro atoms. The number of nitrogens with zero attached hydrogens (tertiary/aromatic N) is 3. The molecular weight excluding hydrogens is 462 g/mol. The van der Waals surface area contributed by atoms with Crippen molar-refractivity contribution in [3.8, 4) is 5.75 Å². The first kappa shape index (κ1) is 24.2. The minimum atomic E-state index is -3.94. The maximum atomic E-state index is 13.3. The van der Waals surface area contributed by atoms with Gasteiger partial charge in [0.05, 0.1) is 18.1 Å². The molecule has 2 saturated carbocycles. The molecule has 0 bridgehead atoms. The zero-order valence-electron chi connectivity index (χ0n) is 20.6. The molecule has 0 radical (unpaired) electrons. The number of hydrogen-bond acceptors (Lipinski definition) is 5. The van der Waals surface area contributed by atoms with Gasteiger partial charge in [-0.2, -0.15) is 8.42 Å². The monoisotopic (exact) mass is 495 g/mol. The highest BCUT2D eigenvalue weighted by Gasteiger charge is 2.59. The van der Waals surface area contributed by atoms with Crippen molar-refractivity contribution in [2.75, 3.05) is 13.7 Å². The standard InChI is InChI=1S/C27H33N3O4S/c1-17-4-8-21(9-5-17)35(31,32)34-26-19(16-29-30-28)15-25-24-10-6-18-14-20(33-3)7-11-22(18)23(24)12-13-27(25,26)2/h4-5,7-9,11,14,19,23-26H,6,10,12-13,15-16H2,1-3H3/t19-,23-,24-,25+,26+,27+/m1/s1. The van der Waals surface area contributed by atoms with Gasteiger partial charge in [0.1, 0.15) is 5.75 Å². The van der Waals surface area contributed by atoms with Crippen LogP contribution in [0, 0.1) is 30.1 Å². The molecule has 3 aliphatic rings. The number of methoxy groups -OCH3 is 1. The maximum Gasteiger partial charge on any atom is 0.297 e. The lowest BCUT2D eigenvalue weighted by atomic mass is 9.55. The van der Waals surface area contributed by atoms with E-state index < -0.39 is 16.2 Å². The summed E-state index contributed by atoms with van der Waals surface area (Å²) < 4.78 is 38.1. The van der Waals surface area contributed by atoms with Crippen molar-refractivity contribution in [1.29, 1.82) is 0 Å². The summed E-state index contributed by atoms with van der Waals surface area (Å²) in [7, 11) is -2.24. The normalized spacial score (nSPS) is 31.6. The first-order chi connectivity index (χ1) is 16.8. The molecule has 2 aromatic rings. The average Bonchev–Trinajstić information content (AvgIpc) is 3.13. The van der Waals surface area contributed by atoms with E-state index in [0.29, 0.717) is 17.8 Å². The Morgan fingerprint density at radius 3 is 2.66 bits per heavy atom. The van der Waals surface area contributed by atoms with E-state index in [1.54, 1.807) is 31.4 Å². The van der Waals surface area contributed by atoms with Gasteiger partial charge in [0.25, 0.3) is 10.1 Å². The lowest BCUT2D eigenvalue weighted by molar-refractivity contribution is -0.0153. The highest BCUT2D eigenvalue weighted by Crippen LogP contribution is 2.63. The van der Waals surface area contributed by atoms with Crippen LogP contribution in [-0.4, -0.2) is 28.2 Å². The van der Waals surface area contributed by atoms with Crippen LogP contribution in [0.3, 0.4) is 0 Å². The molecule has 5 rings (SSSR count). The topological polar surface area (TPSA) is 101 Å². The van der Waals surface area contributed by atoms with Crippen molar-refractivity contribution in [2.45, 2.75) is 62.9 Å². The van der Waals surface area contributed by atoms with E-state index in [2.05, 4.69) is 29.1 Å². The predicted octanol–water partition coefficient (Wildman–Crippen LogP) is 6.17. The third-order valence-corrected chi connectivity index (χ3v) is 10.2. The van der Waals surface area contributed by atoms with E-state index in [9.17, 15) is 8.42 Å². The fourth-order valence-electron chi connectivity index (χ4n) is 7.22. The lowest BCUT2D eigenvalue weighted by Gasteiger charge is -2.50. The van der Waals surface area contributed by atoms with Gasteiger partial charge in [-0.3, -0.25) is 4.18 Å². The summed E-state index contributed by atoms with van der Waals surface area (Å²) in [6, 6.07) is 13.2. The second-order valence-electron chi connectivity index (χ2n) is 10.7. The van der Waals surface area contributed by atoms with Crippen LogP contribution in [0.5, 0.6) is 5.75 Å². The van der Waals surface area contributed by atoms with E-state index in [1.165, 1.54) is 11.1 Å². The fourth-order valence-corrected chi connectivity index (χ4v) is 8.45. The number of ether oxygens (including phenoxy) is 1. The second-order valence-corrected chi connectivity index (χ2v) is 12.3. The number of hydrogen-bond donors (Lipinski definition) is 0. The third kappa shape index (κ3) is 4.22. The Morgan fingerprint density at radius 1 is 1.17 bits per heavy atom. The van der Waals surface area contributed by atoms with Crippen molar-refractivity contribution in [1.82, 2.24) is 0 Å². The number of fused-ring (bicyclic) bond motifs is 5. The van der Waals surface area contributed by atoms with E-state index in [0.717, 1.165) is 43.4 Å². The Bertz CT molecular complexity index is 1260. The zero-order valence-corrected chi connectivity index (χ0v) is 21.4. The van der Waals surface area contributed by atoms with E-state index >= 15 is 0 Å². The van der Waals surface area contributed by atoms with Crippen LogP contribution >= 0.6 is 0 Å². The summed E-state index contributed by atoms with van der Waals surface area (Å²) >= 11 is 0. The van der Waals surface area contributed by atoms with Crippen molar-refractivity contribution in [3.05, 3.63) is 69.6 Å². The molecule has 0 N–H and O–H groups in total. The Hall–Kier alpha value is -2.54. The van der Waals surface area contributed by atoms with Gasteiger partial charge in [-0.25, -0.2) is 0 Å². The first-order valence-corrected chi connectivity index (χ1v) is 13.9. The first-order valence-electron chi connectivity index (χ1n) is 12.4. The third-order valence-electron chi connectivity index (χ3n) is 8.93. The molecule has 3 aliphatic carbocycles. The summed E-state index contributed by atoms with van der Waals surface area (Å²) in [5.74, 6) is 1.99. The van der Waals surface area contributed by atoms with Crippen LogP contribution in [0.2, 0.25) is 0 Å². The lowest BCUT2D eigenvalue weighted by Crippen LogP contribution is -2.46. The maximum absolute atomic E-state index is 13.3. The van der Waals surface area contributed by atoms with Gasteiger partial charge in [-0.1, -0.05) is 35.8 Å². The highest BCUT2D eigenvalue weighted by molar-refractivity contribution is 7.86. The summed E-state index contributed by atoms with van der Waals surface area (Å²) in [5.41, 5.74) is 12.5. The molecule has 6 atom stereocenters. The van der Waals surface area contributed by atoms with Gasteiger partial charge in [-0.05, 0) is 109 Å². The Morgan fingerprint density at radius 2 is 1.94 bits per heavy atom. The largest absolute Gasteiger partial charge is 0.497 e. The molecule has 0 aliphatic heterocycles. The van der Waals surface area contributed by atoms with Crippen LogP contribution in [0.1, 0.15) is 55.2 Å². The zero-order chi connectivity index (χ0) is 24.8. The van der Waals surface area contributed by atoms with Crippen LogP contribution < -0.4 is 4.74 Å². The summed E-state index contributed by atoms with van der Waals surface area (Å²) in [5, 5.41) is 3.86. The second kappa shape index (κ2) is 9.16. The van der Waals surface area contributed by atoms with Gasteiger partial charge < -0.3 is 4.74 Å². The smallest absolute Gasteiger partial charge is 0.297 e. The van der Waals surface area contributed by atoms with Crippen molar-refractivity contribution >= 4 is 10.1 Å². The summed E-state index contributed by atoms with van der Waals surface area (Å²) in [6.45, 7) is 4.37. The van der Waals surface area contributed by atoms with Crippen LogP contribution in [0.15, 0.2) is 52.5 Å². The Labute approximate surface area is 207 Å². The van der Waals surface area contributed by atoms with Gasteiger partial charge >= 0.3 is 0 Å². The average molecular weight is 496 g/mol. The van der Waals surface area contributed by atoms with Crippen LogP contribution in [0.4, 0.5) is 0 Å². The molecule has 186 valence electrons. The van der Waals surface area contributed by atoms with Crippen molar-refractivity contribution in [3.63, 3.8) is 0 Å². The number of azide groups is 1. The van der Waals surface area contributed by atoms with Gasteiger partial charge in [0, 0.05) is 11.5 Å².